The lowest BCUT2D eigenvalue weighted by Crippen LogP contribution is -2.47. The van der Waals surface area contributed by atoms with Gasteiger partial charge < -0.3 is 20.5 Å². The van der Waals surface area contributed by atoms with Crippen molar-refractivity contribution in [3.8, 4) is 0 Å². The van der Waals surface area contributed by atoms with E-state index in [0.717, 1.165) is 45.0 Å². The summed E-state index contributed by atoms with van der Waals surface area (Å²) >= 11 is 1.59. The highest BCUT2D eigenvalue weighted by Crippen LogP contribution is 2.21. The number of morpholine rings is 1. The van der Waals surface area contributed by atoms with E-state index in [0.29, 0.717) is 12.5 Å². The van der Waals surface area contributed by atoms with Crippen LogP contribution in [0.2, 0.25) is 0 Å². The van der Waals surface area contributed by atoms with Gasteiger partial charge in [-0.1, -0.05) is 0 Å². The zero-order valence-corrected chi connectivity index (χ0v) is 16.9. The molecule has 0 bridgehead atoms. The lowest BCUT2D eigenvalue weighted by Gasteiger charge is -2.27. The molecule has 1 aromatic heterocycles. The van der Waals surface area contributed by atoms with Crippen LogP contribution in [-0.2, 0) is 10.3 Å². The van der Waals surface area contributed by atoms with E-state index in [1.54, 1.807) is 18.4 Å². The molecule has 0 amide bonds. The first-order valence-electron chi connectivity index (χ1n) is 7.61. The Labute approximate surface area is 159 Å². The molecule has 132 valence electrons. The summed E-state index contributed by atoms with van der Waals surface area (Å²) in [6, 6.07) is 1.95. The highest BCUT2D eigenvalue weighted by atomic mass is 127. The summed E-state index contributed by atoms with van der Waals surface area (Å²) in [7, 11) is 1.74. The smallest absolute Gasteiger partial charge is 0.191 e. The highest BCUT2D eigenvalue weighted by molar-refractivity contribution is 14.0. The monoisotopic (exact) mass is 454 g/mol. The Bertz CT molecular complexity index is 462. The van der Waals surface area contributed by atoms with E-state index < -0.39 is 5.60 Å². The Balaban J connectivity index is 0.00000264. The van der Waals surface area contributed by atoms with Crippen LogP contribution in [0.3, 0.4) is 0 Å². The molecule has 3 N–H and O–H groups in total. The molecule has 6 nitrogen and oxygen atoms in total. The molecule has 1 aromatic rings. The number of aliphatic imine (C=N–C) groups is 1. The Kier molecular flexibility index (Phi) is 9.37. The molecule has 0 spiro atoms. The molecule has 0 radical (unpaired) electrons. The van der Waals surface area contributed by atoms with E-state index >= 15 is 0 Å². The van der Waals surface area contributed by atoms with Crippen LogP contribution in [0, 0.1) is 0 Å². The minimum atomic E-state index is -0.901. The quantitative estimate of drug-likeness (QED) is 0.341. The number of nitrogens with one attached hydrogen (secondary N) is 2. The average molecular weight is 454 g/mol. The predicted molar refractivity (Wildman–Crippen MR) is 106 cm³/mol. The summed E-state index contributed by atoms with van der Waals surface area (Å²) in [6.07, 6.45) is 0. The van der Waals surface area contributed by atoms with Gasteiger partial charge in [-0.25, -0.2) is 0 Å². The van der Waals surface area contributed by atoms with Gasteiger partial charge in [-0.2, -0.15) is 11.3 Å². The number of hydrogen-bond acceptors (Lipinski definition) is 5. The molecule has 0 saturated carbocycles. The molecule has 1 aliphatic rings. The first kappa shape index (κ1) is 20.6. The van der Waals surface area contributed by atoms with Crippen molar-refractivity contribution in [3.63, 3.8) is 0 Å². The molecular weight excluding hydrogens is 427 g/mol. The van der Waals surface area contributed by atoms with Gasteiger partial charge in [-0.3, -0.25) is 9.89 Å². The second-order valence-corrected chi connectivity index (χ2v) is 6.37. The minimum Gasteiger partial charge on any atom is -0.384 e. The molecule has 2 rings (SSSR count). The summed E-state index contributed by atoms with van der Waals surface area (Å²) in [6.45, 7) is 7.61. The van der Waals surface area contributed by atoms with Gasteiger partial charge in [0.2, 0.25) is 0 Å². The largest absolute Gasteiger partial charge is 0.384 e. The zero-order chi connectivity index (χ0) is 15.8. The summed E-state index contributed by atoms with van der Waals surface area (Å²) in [5.74, 6) is 0.712. The van der Waals surface area contributed by atoms with Crippen molar-refractivity contribution in [3.05, 3.63) is 22.4 Å². The lowest BCUT2D eigenvalue weighted by atomic mass is 9.99. The first-order chi connectivity index (χ1) is 10.6. The summed E-state index contributed by atoms with van der Waals surface area (Å²) in [5, 5.41) is 20.9. The number of halogens is 1. The number of hydrogen-bond donors (Lipinski definition) is 3. The van der Waals surface area contributed by atoms with Gasteiger partial charge in [-0.15, -0.1) is 24.0 Å². The Morgan fingerprint density at radius 1 is 1.43 bits per heavy atom. The summed E-state index contributed by atoms with van der Waals surface area (Å²) in [4.78, 5) is 6.56. The first-order valence-corrected chi connectivity index (χ1v) is 8.56. The fourth-order valence-corrected chi connectivity index (χ4v) is 3.09. The minimum absolute atomic E-state index is 0. The maximum absolute atomic E-state index is 10.5. The molecule has 1 fully saturated rings. The molecule has 0 aromatic carbocycles. The van der Waals surface area contributed by atoms with Gasteiger partial charge in [0.05, 0.1) is 19.8 Å². The van der Waals surface area contributed by atoms with Crippen LogP contribution in [0.4, 0.5) is 0 Å². The van der Waals surface area contributed by atoms with Gasteiger partial charge in [0.15, 0.2) is 5.96 Å². The van der Waals surface area contributed by atoms with Gasteiger partial charge in [0.1, 0.15) is 5.60 Å². The average Bonchev–Trinajstić information content (AvgIpc) is 3.07. The molecule has 1 saturated heterocycles. The zero-order valence-electron chi connectivity index (χ0n) is 13.7. The van der Waals surface area contributed by atoms with E-state index in [4.69, 9.17) is 4.74 Å². The standard InChI is InChI=1S/C15H26N4O2S.HI/c1-15(20,13-3-10-22-11-13)12-18-14(16-2)17-4-5-19-6-8-21-9-7-19;/h3,10-11,20H,4-9,12H2,1-2H3,(H2,16,17,18);1H. The summed E-state index contributed by atoms with van der Waals surface area (Å²) < 4.78 is 5.33. The van der Waals surface area contributed by atoms with Crippen molar-refractivity contribution in [2.45, 2.75) is 12.5 Å². The predicted octanol–water partition coefficient (Wildman–Crippen LogP) is 1.07. The van der Waals surface area contributed by atoms with Gasteiger partial charge in [-0.05, 0) is 29.3 Å². The van der Waals surface area contributed by atoms with E-state index in [-0.39, 0.29) is 24.0 Å². The number of ether oxygens (including phenoxy) is 1. The van der Waals surface area contributed by atoms with Gasteiger partial charge in [0.25, 0.3) is 0 Å². The molecule has 1 atom stereocenters. The lowest BCUT2D eigenvalue weighted by molar-refractivity contribution is 0.0388. The van der Waals surface area contributed by atoms with Crippen LogP contribution in [0.5, 0.6) is 0 Å². The van der Waals surface area contributed by atoms with Crippen LogP contribution in [0.15, 0.2) is 21.8 Å². The number of rotatable bonds is 6. The SMILES string of the molecule is CN=C(NCCN1CCOCC1)NCC(C)(O)c1ccsc1.I. The molecule has 8 heteroatoms. The molecule has 0 aliphatic carbocycles. The van der Waals surface area contributed by atoms with E-state index in [2.05, 4.69) is 20.5 Å². The van der Waals surface area contributed by atoms with Crippen LogP contribution >= 0.6 is 35.3 Å². The number of aliphatic hydroxyl groups is 1. The Hall–Kier alpha value is -0.420. The molecule has 1 unspecified atom stereocenters. The number of guanidine groups is 1. The van der Waals surface area contributed by atoms with Crippen LogP contribution in [-0.4, -0.2) is 69.0 Å². The van der Waals surface area contributed by atoms with E-state index in [1.807, 2.05) is 23.8 Å². The van der Waals surface area contributed by atoms with Crippen molar-refractivity contribution in [2.75, 3.05) is 53.0 Å². The third kappa shape index (κ3) is 6.92. The Morgan fingerprint density at radius 3 is 2.78 bits per heavy atom. The van der Waals surface area contributed by atoms with Crippen molar-refractivity contribution in [2.24, 2.45) is 4.99 Å². The third-order valence-electron chi connectivity index (χ3n) is 3.79. The van der Waals surface area contributed by atoms with E-state index in [9.17, 15) is 5.11 Å². The van der Waals surface area contributed by atoms with Crippen molar-refractivity contribution in [1.82, 2.24) is 15.5 Å². The van der Waals surface area contributed by atoms with Crippen LogP contribution in [0.25, 0.3) is 0 Å². The maximum Gasteiger partial charge on any atom is 0.191 e. The van der Waals surface area contributed by atoms with Gasteiger partial charge >= 0.3 is 0 Å². The maximum atomic E-state index is 10.5. The highest BCUT2D eigenvalue weighted by Gasteiger charge is 2.23. The van der Waals surface area contributed by atoms with Crippen molar-refractivity contribution >= 4 is 41.3 Å². The summed E-state index contributed by atoms with van der Waals surface area (Å²) in [5.41, 5.74) is 0.0238. The van der Waals surface area contributed by atoms with E-state index in [1.165, 1.54) is 0 Å². The second-order valence-electron chi connectivity index (χ2n) is 5.59. The Morgan fingerprint density at radius 2 is 2.17 bits per heavy atom. The van der Waals surface area contributed by atoms with Crippen molar-refractivity contribution in [1.29, 1.82) is 0 Å². The topological polar surface area (TPSA) is 69.1 Å². The second kappa shape index (κ2) is 10.4. The normalized spacial score (nSPS) is 18.8. The third-order valence-corrected chi connectivity index (χ3v) is 4.47. The molecule has 2 heterocycles. The molecule has 1 aliphatic heterocycles. The number of nitrogens with zero attached hydrogens (tertiary/aromatic N) is 2. The fourth-order valence-electron chi connectivity index (χ4n) is 2.31. The fraction of sp³-hybridized carbons (Fsp3) is 0.667. The van der Waals surface area contributed by atoms with Crippen molar-refractivity contribution < 1.29 is 9.84 Å². The van der Waals surface area contributed by atoms with Crippen LogP contribution < -0.4 is 10.6 Å². The molecular formula is C15H27IN4O2S. The van der Waals surface area contributed by atoms with Gasteiger partial charge in [0, 0.05) is 33.2 Å². The van der Waals surface area contributed by atoms with Crippen LogP contribution in [0.1, 0.15) is 12.5 Å². The molecule has 23 heavy (non-hydrogen) atoms. The number of thiophene rings is 1.